The Labute approximate surface area is 123 Å². The topological polar surface area (TPSA) is 54.3 Å². The third-order valence-corrected chi connectivity index (χ3v) is 6.05. The number of nitrogens with zero attached hydrogens (tertiary/aromatic N) is 2. The first-order chi connectivity index (χ1) is 9.16. The van der Waals surface area contributed by atoms with Gasteiger partial charge in [-0.2, -0.15) is 4.31 Å². The molecule has 1 aromatic rings. The van der Waals surface area contributed by atoms with E-state index in [0.717, 1.165) is 18.7 Å². The van der Waals surface area contributed by atoms with Gasteiger partial charge in [-0.25, -0.2) is 8.42 Å². The van der Waals surface area contributed by atoms with Gasteiger partial charge >= 0.3 is 0 Å². The van der Waals surface area contributed by atoms with Crippen LogP contribution in [-0.4, -0.2) is 36.4 Å². The Morgan fingerprint density at radius 2 is 1.95 bits per heavy atom. The number of aryl methyl sites for hydroxylation is 1. The van der Waals surface area contributed by atoms with Crippen LogP contribution in [0, 0.1) is 0 Å². The van der Waals surface area contributed by atoms with Crippen LogP contribution < -0.4 is 5.32 Å². The molecule has 0 bridgehead atoms. The molecular formula is C14H27N3O2S. The van der Waals surface area contributed by atoms with Gasteiger partial charge in [0.2, 0.25) is 10.0 Å². The summed E-state index contributed by atoms with van der Waals surface area (Å²) in [5.41, 5.74) is 0.574. The third-order valence-electron chi connectivity index (χ3n) is 4.01. The predicted molar refractivity (Wildman–Crippen MR) is 82.1 cm³/mol. The van der Waals surface area contributed by atoms with E-state index in [-0.39, 0.29) is 0 Å². The number of hydrogen-bond acceptors (Lipinski definition) is 3. The minimum absolute atomic E-state index is 0.358. The smallest absolute Gasteiger partial charge is 0.244 e. The maximum absolute atomic E-state index is 12.7. The Morgan fingerprint density at radius 1 is 1.35 bits per heavy atom. The quantitative estimate of drug-likeness (QED) is 0.837. The fourth-order valence-electron chi connectivity index (χ4n) is 1.85. The van der Waals surface area contributed by atoms with Crippen LogP contribution in [0.2, 0.25) is 0 Å². The molecule has 1 rings (SSSR count). The van der Waals surface area contributed by atoms with E-state index < -0.39 is 15.6 Å². The molecular weight excluding hydrogens is 274 g/mol. The van der Waals surface area contributed by atoms with Gasteiger partial charge in [0.1, 0.15) is 4.90 Å². The molecule has 116 valence electrons. The SMILES string of the molecule is CCNCc1cc(S(=O)(=O)N(C)C(C)(C)CC)cn1C. The number of hydrogen-bond donors (Lipinski definition) is 1. The van der Waals surface area contributed by atoms with Gasteiger partial charge in [0.25, 0.3) is 0 Å². The van der Waals surface area contributed by atoms with Crippen molar-refractivity contribution in [3.63, 3.8) is 0 Å². The van der Waals surface area contributed by atoms with Gasteiger partial charge in [-0.15, -0.1) is 0 Å². The van der Waals surface area contributed by atoms with Gasteiger partial charge in [-0.05, 0) is 32.9 Å². The highest BCUT2D eigenvalue weighted by molar-refractivity contribution is 7.89. The van der Waals surface area contributed by atoms with Crippen LogP contribution in [0.15, 0.2) is 17.2 Å². The monoisotopic (exact) mass is 301 g/mol. The Morgan fingerprint density at radius 3 is 2.45 bits per heavy atom. The van der Waals surface area contributed by atoms with Crippen LogP contribution in [0.5, 0.6) is 0 Å². The zero-order valence-electron chi connectivity index (χ0n) is 13.4. The molecule has 1 aromatic heterocycles. The molecule has 5 nitrogen and oxygen atoms in total. The second-order valence-electron chi connectivity index (χ2n) is 5.70. The summed E-state index contributed by atoms with van der Waals surface area (Å²) < 4.78 is 28.7. The zero-order chi connectivity index (χ0) is 15.6. The van der Waals surface area contributed by atoms with Crippen molar-refractivity contribution in [2.24, 2.45) is 7.05 Å². The van der Waals surface area contributed by atoms with Crippen LogP contribution in [0.25, 0.3) is 0 Å². The average molecular weight is 301 g/mol. The van der Waals surface area contributed by atoms with Crippen molar-refractivity contribution >= 4 is 10.0 Å². The molecule has 0 atom stereocenters. The van der Waals surface area contributed by atoms with E-state index in [1.165, 1.54) is 4.31 Å². The van der Waals surface area contributed by atoms with Crippen molar-refractivity contribution in [2.45, 2.75) is 51.1 Å². The van der Waals surface area contributed by atoms with Crippen molar-refractivity contribution < 1.29 is 8.42 Å². The summed E-state index contributed by atoms with van der Waals surface area (Å²) in [4.78, 5) is 0.358. The number of rotatable bonds is 7. The first-order valence-electron chi connectivity index (χ1n) is 7.01. The molecule has 1 N–H and O–H groups in total. The van der Waals surface area contributed by atoms with Crippen LogP contribution in [0.3, 0.4) is 0 Å². The van der Waals surface area contributed by atoms with Gasteiger partial charge in [0, 0.05) is 38.1 Å². The van der Waals surface area contributed by atoms with E-state index in [0.29, 0.717) is 11.4 Å². The predicted octanol–water partition coefficient (Wildman–Crippen LogP) is 1.94. The van der Waals surface area contributed by atoms with Crippen molar-refractivity contribution in [2.75, 3.05) is 13.6 Å². The van der Waals surface area contributed by atoms with E-state index in [9.17, 15) is 8.42 Å². The molecule has 6 heteroatoms. The molecule has 0 aliphatic heterocycles. The van der Waals surface area contributed by atoms with Gasteiger partial charge < -0.3 is 9.88 Å². The summed E-state index contributed by atoms with van der Waals surface area (Å²) in [7, 11) is 0.0695. The van der Waals surface area contributed by atoms with E-state index in [1.807, 2.05) is 39.3 Å². The highest BCUT2D eigenvalue weighted by Crippen LogP contribution is 2.26. The first kappa shape index (κ1) is 17.2. The molecule has 0 spiro atoms. The summed E-state index contributed by atoms with van der Waals surface area (Å²) in [5.74, 6) is 0. The Kier molecular flexibility index (Phi) is 5.40. The molecule has 0 aliphatic rings. The summed E-state index contributed by atoms with van der Waals surface area (Å²) in [6.07, 6.45) is 2.45. The lowest BCUT2D eigenvalue weighted by molar-refractivity contribution is 0.257. The third kappa shape index (κ3) is 3.42. The lowest BCUT2D eigenvalue weighted by atomic mass is 10.0. The van der Waals surface area contributed by atoms with E-state index in [2.05, 4.69) is 5.32 Å². The number of sulfonamides is 1. The largest absolute Gasteiger partial charge is 0.352 e. The fourth-order valence-corrected chi connectivity index (χ4v) is 3.53. The van der Waals surface area contributed by atoms with Crippen molar-refractivity contribution in [3.05, 3.63) is 18.0 Å². The second kappa shape index (κ2) is 6.28. The van der Waals surface area contributed by atoms with Gasteiger partial charge in [-0.3, -0.25) is 0 Å². The summed E-state index contributed by atoms with van der Waals surface area (Å²) in [5, 5.41) is 3.21. The second-order valence-corrected chi connectivity index (χ2v) is 7.67. The van der Waals surface area contributed by atoms with Crippen LogP contribution in [0.1, 0.15) is 39.8 Å². The molecule has 0 amide bonds. The molecule has 20 heavy (non-hydrogen) atoms. The minimum Gasteiger partial charge on any atom is -0.352 e. The highest BCUT2D eigenvalue weighted by Gasteiger charge is 2.33. The maximum Gasteiger partial charge on any atom is 0.244 e. The molecule has 0 saturated carbocycles. The van der Waals surface area contributed by atoms with Crippen molar-refractivity contribution in [1.82, 2.24) is 14.2 Å². The van der Waals surface area contributed by atoms with E-state index in [4.69, 9.17) is 0 Å². The van der Waals surface area contributed by atoms with Crippen molar-refractivity contribution in [3.8, 4) is 0 Å². The zero-order valence-corrected chi connectivity index (χ0v) is 14.2. The number of nitrogens with one attached hydrogen (secondary N) is 1. The summed E-state index contributed by atoms with van der Waals surface area (Å²) in [6, 6.07) is 1.75. The minimum atomic E-state index is -3.45. The molecule has 0 fully saturated rings. The van der Waals surface area contributed by atoms with Gasteiger partial charge in [0.15, 0.2) is 0 Å². The molecule has 0 aliphatic carbocycles. The van der Waals surface area contributed by atoms with Crippen LogP contribution in [-0.2, 0) is 23.6 Å². The summed E-state index contributed by atoms with van der Waals surface area (Å²) in [6.45, 7) is 9.42. The standard InChI is InChI=1S/C14H27N3O2S/c1-7-14(3,4)17(6)20(18,19)13-9-12(10-15-8-2)16(5)11-13/h9,11,15H,7-8,10H2,1-6H3. The van der Waals surface area contributed by atoms with Gasteiger partial charge in [-0.1, -0.05) is 13.8 Å². The molecule has 1 heterocycles. The molecule has 0 radical (unpaired) electrons. The molecule has 0 saturated heterocycles. The summed E-state index contributed by atoms with van der Waals surface area (Å²) >= 11 is 0. The average Bonchev–Trinajstić information content (AvgIpc) is 2.77. The Hall–Kier alpha value is -0.850. The lowest BCUT2D eigenvalue weighted by Gasteiger charge is -2.33. The van der Waals surface area contributed by atoms with Crippen LogP contribution in [0.4, 0.5) is 0 Å². The molecule has 0 unspecified atom stereocenters. The normalized spacial score (nSPS) is 13.2. The fraction of sp³-hybridized carbons (Fsp3) is 0.714. The van der Waals surface area contributed by atoms with Crippen molar-refractivity contribution in [1.29, 1.82) is 0 Å². The van der Waals surface area contributed by atoms with Crippen LogP contribution >= 0.6 is 0 Å². The number of aromatic nitrogens is 1. The molecule has 0 aromatic carbocycles. The Balaban J connectivity index is 3.10. The maximum atomic E-state index is 12.7. The van der Waals surface area contributed by atoms with E-state index in [1.54, 1.807) is 19.3 Å². The highest BCUT2D eigenvalue weighted by atomic mass is 32.2. The van der Waals surface area contributed by atoms with Gasteiger partial charge in [0.05, 0.1) is 0 Å². The van der Waals surface area contributed by atoms with E-state index >= 15 is 0 Å². The Bertz CT molecular complexity index is 547. The first-order valence-corrected chi connectivity index (χ1v) is 8.45. The lowest BCUT2D eigenvalue weighted by Crippen LogP contribution is -2.44.